The maximum absolute atomic E-state index is 11.6. The van der Waals surface area contributed by atoms with Gasteiger partial charge in [0.1, 0.15) is 12.1 Å². The van der Waals surface area contributed by atoms with Crippen LogP contribution in [-0.2, 0) is 9.57 Å². The number of carbonyl (C=O) groups excluding carboxylic acids is 1. The van der Waals surface area contributed by atoms with E-state index in [0.717, 1.165) is 12.8 Å². The first-order valence-corrected chi connectivity index (χ1v) is 6.34. The van der Waals surface area contributed by atoms with E-state index in [9.17, 15) is 15.2 Å². The number of amides is 1. The topological polar surface area (TPSA) is 110 Å². The fraction of sp³-hybridized carbons (Fsp3) is 0.900. The molecule has 6 unspecified atom stereocenters. The summed E-state index contributed by atoms with van der Waals surface area (Å²) in [5.41, 5.74) is 4.43. The van der Waals surface area contributed by atoms with Gasteiger partial charge < -0.3 is 15.2 Å². The van der Waals surface area contributed by atoms with Crippen LogP contribution in [-0.4, -0.2) is 43.2 Å². The van der Waals surface area contributed by atoms with Crippen molar-refractivity contribution in [3.8, 4) is 0 Å². The van der Waals surface area contributed by atoms with Gasteiger partial charge in [-0.2, -0.15) is 4.84 Å². The van der Waals surface area contributed by atoms with Crippen molar-refractivity contribution in [3.05, 3.63) is 10.4 Å². The van der Waals surface area contributed by atoms with Gasteiger partial charge in [-0.05, 0) is 6.42 Å². The minimum absolute atomic E-state index is 0.00622. The smallest absolute Gasteiger partial charge is 0.425 e. The van der Waals surface area contributed by atoms with E-state index in [1.54, 1.807) is 0 Å². The molecule has 1 heterocycles. The fourth-order valence-electron chi connectivity index (χ4n) is 3.40. The summed E-state index contributed by atoms with van der Waals surface area (Å²) >= 11 is 0. The molecule has 6 atom stereocenters. The standard InChI is InChI=1S/C10H18N4O5/c1-14(2,17)12-11-10(15)18-8-5-3-6-7(4-5)13(16)19-9(6)8/h5-9,12-13H,3-4H2,1-2H3,(H,11,15). The average molecular weight is 274 g/mol. The molecule has 0 aromatic heterocycles. The van der Waals surface area contributed by atoms with Gasteiger partial charge in [0.15, 0.2) is 6.10 Å². The first-order valence-electron chi connectivity index (χ1n) is 6.34. The number of hydrazine groups is 1. The van der Waals surface area contributed by atoms with Crippen LogP contribution in [0, 0.1) is 22.3 Å². The van der Waals surface area contributed by atoms with E-state index in [4.69, 9.17) is 9.57 Å². The van der Waals surface area contributed by atoms with Gasteiger partial charge in [-0.15, -0.1) is 0 Å². The summed E-state index contributed by atoms with van der Waals surface area (Å²) in [4.78, 5) is 16.9. The van der Waals surface area contributed by atoms with Crippen molar-refractivity contribution in [2.24, 2.45) is 11.8 Å². The van der Waals surface area contributed by atoms with Gasteiger partial charge in [0, 0.05) is 12.3 Å². The molecule has 3 rings (SSSR count). The summed E-state index contributed by atoms with van der Waals surface area (Å²) in [6.07, 6.45) is 0.178. The zero-order valence-corrected chi connectivity index (χ0v) is 10.8. The quantitative estimate of drug-likeness (QED) is 0.317. The van der Waals surface area contributed by atoms with E-state index in [0.29, 0.717) is 0 Å². The third-order valence-electron chi connectivity index (χ3n) is 4.08. The lowest BCUT2D eigenvalue weighted by molar-refractivity contribution is -1.06. The van der Waals surface area contributed by atoms with Crippen LogP contribution in [0.25, 0.3) is 0 Å². The molecule has 0 aromatic rings. The Kier molecular flexibility index (Phi) is 2.93. The highest BCUT2D eigenvalue weighted by molar-refractivity contribution is 5.66. The van der Waals surface area contributed by atoms with Crippen molar-refractivity contribution in [2.45, 2.75) is 31.1 Å². The second kappa shape index (κ2) is 4.27. The predicted octanol–water partition coefficient (Wildman–Crippen LogP) is -1.82. The van der Waals surface area contributed by atoms with Crippen molar-refractivity contribution in [3.63, 3.8) is 0 Å². The van der Waals surface area contributed by atoms with Crippen LogP contribution in [0.1, 0.15) is 12.8 Å². The minimum Gasteiger partial charge on any atom is -0.611 e. The van der Waals surface area contributed by atoms with E-state index >= 15 is 0 Å². The Balaban J connectivity index is 1.56. The molecule has 2 aliphatic carbocycles. The SMILES string of the molecule is C[N+](C)([O-])NNC(=O)OC1C2CC3C1O[NH+]([O-])C3C2. The van der Waals surface area contributed by atoms with E-state index in [-0.39, 0.29) is 29.2 Å². The first kappa shape index (κ1) is 13.0. The van der Waals surface area contributed by atoms with Gasteiger partial charge in [-0.3, -0.25) is 4.76 Å². The maximum atomic E-state index is 11.6. The molecule has 108 valence electrons. The van der Waals surface area contributed by atoms with Crippen LogP contribution < -0.4 is 16.2 Å². The Morgan fingerprint density at radius 3 is 2.89 bits per heavy atom. The third kappa shape index (κ3) is 2.29. The number of hydrogen-bond acceptors (Lipinski definition) is 6. The third-order valence-corrected chi connectivity index (χ3v) is 4.08. The zero-order chi connectivity index (χ0) is 13.8. The molecule has 2 saturated carbocycles. The van der Waals surface area contributed by atoms with Crippen LogP contribution in [0.3, 0.4) is 0 Å². The van der Waals surface area contributed by atoms with E-state index in [1.807, 2.05) is 0 Å². The molecule has 0 radical (unpaired) electrons. The Morgan fingerprint density at radius 1 is 1.47 bits per heavy atom. The molecule has 3 aliphatic rings. The predicted molar refractivity (Wildman–Crippen MR) is 61.2 cm³/mol. The van der Waals surface area contributed by atoms with Gasteiger partial charge >= 0.3 is 6.09 Å². The molecule has 3 N–H and O–H groups in total. The van der Waals surface area contributed by atoms with Crippen LogP contribution in [0.15, 0.2) is 0 Å². The van der Waals surface area contributed by atoms with Crippen molar-refractivity contribution in [2.75, 3.05) is 14.1 Å². The lowest BCUT2D eigenvalue weighted by Gasteiger charge is -2.32. The molecule has 1 aliphatic heterocycles. The average Bonchev–Trinajstić information content (AvgIpc) is 2.90. The molecular weight excluding hydrogens is 256 g/mol. The molecule has 2 bridgehead atoms. The Labute approximate surface area is 110 Å². The molecule has 9 nitrogen and oxygen atoms in total. The van der Waals surface area contributed by atoms with Crippen LogP contribution in [0.5, 0.6) is 0 Å². The molecule has 9 heteroatoms. The first-order chi connectivity index (χ1) is 8.85. The Bertz CT molecular complexity index is 387. The van der Waals surface area contributed by atoms with Crippen molar-refractivity contribution < 1.29 is 24.4 Å². The highest BCUT2D eigenvalue weighted by atomic mass is 16.9. The lowest BCUT2D eigenvalue weighted by atomic mass is 9.92. The highest BCUT2D eigenvalue weighted by Crippen LogP contribution is 2.48. The van der Waals surface area contributed by atoms with E-state index in [1.165, 1.54) is 14.1 Å². The number of hydroxylamine groups is 4. The number of rotatable bonds is 3. The van der Waals surface area contributed by atoms with Crippen LogP contribution in [0.4, 0.5) is 4.79 Å². The van der Waals surface area contributed by atoms with Crippen molar-refractivity contribution in [1.29, 1.82) is 0 Å². The van der Waals surface area contributed by atoms with Gasteiger partial charge in [0.2, 0.25) is 0 Å². The van der Waals surface area contributed by atoms with Gasteiger partial charge in [-0.25, -0.2) is 15.4 Å². The second-order valence-corrected chi connectivity index (χ2v) is 5.86. The summed E-state index contributed by atoms with van der Waals surface area (Å²) in [6.45, 7) is 0. The number of ether oxygens (including phenoxy) is 1. The number of nitrogens with one attached hydrogen (secondary N) is 3. The summed E-state index contributed by atoms with van der Waals surface area (Å²) in [7, 11) is 2.64. The minimum atomic E-state index is -0.869. The van der Waals surface area contributed by atoms with Crippen molar-refractivity contribution in [1.82, 2.24) is 11.0 Å². The van der Waals surface area contributed by atoms with Crippen molar-refractivity contribution >= 4 is 6.09 Å². The molecule has 1 amide bonds. The summed E-state index contributed by atoms with van der Waals surface area (Å²) in [5, 5.41) is 22.6. The molecule has 3 fully saturated rings. The van der Waals surface area contributed by atoms with E-state index in [2.05, 4.69) is 11.0 Å². The molecule has 0 aromatic carbocycles. The molecule has 0 spiro atoms. The number of quaternary nitrogens is 2. The van der Waals surface area contributed by atoms with Crippen LogP contribution >= 0.6 is 0 Å². The van der Waals surface area contributed by atoms with E-state index < -0.39 is 17.0 Å². The maximum Gasteiger partial charge on any atom is 0.425 e. The number of nitrogens with zero attached hydrogens (tertiary/aromatic N) is 1. The fourth-order valence-corrected chi connectivity index (χ4v) is 3.40. The summed E-state index contributed by atoms with van der Waals surface area (Å²) in [5.74, 6) is 0.377. The number of hydrogen-bond donors (Lipinski definition) is 3. The summed E-state index contributed by atoms with van der Waals surface area (Å²) in [6, 6.07) is -0.00622. The largest absolute Gasteiger partial charge is 0.611 e. The number of fused-ring (bicyclic) bond motifs is 1. The lowest BCUT2D eigenvalue weighted by Crippen LogP contribution is -3.08. The molecule has 19 heavy (non-hydrogen) atoms. The van der Waals surface area contributed by atoms with Gasteiger partial charge in [-0.1, -0.05) is 5.53 Å². The zero-order valence-electron chi connectivity index (χ0n) is 10.8. The Morgan fingerprint density at radius 2 is 2.21 bits per heavy atom. The molecular formula is C10H18N4O5. The van der Waals surface area contributed by atoms with Gasteiger partial charge in [0.25, 0.3) is 0 Å². The normalized spacial score (nSPS) is 43.6. The molecule has 1 saturated heterocycles. The summed E-state index contributed by atoms with van der Waals surface area (Å²) < 4.78 is 4.41. The Hall–Kier alpha value is -0.970. The number of carbonyl (C=O) groups is 1. The van der Waals surface area contributed by atoms with Crippen LogP contribution in [0.2, 0.25) is 0 Å². The van der Waals surface area contributed by atoms with Gasteiger partial charge in [0.05, 0.1) is 20.0 Å². The highest BCUT2D eigenvalue weighted by Gasteiger charge is 2.64. The monoisotopic (exact) mass is 274 g/mol. The second-order valence-electron chi connectivity index (χ2n) is 5.86.